The molecule has 4 nitrogen and oxygen atoms in total. The van der Waals surface area contributed by atoms with E-state index < -0.39 is 0 Å². The Morgan fingerprint density at radius 1 is 1.43 bits per heavy atom. The van der Waals surface area contributed by atoms with Gasteiger partial charge in [0.1, 0.15) is 0 Å². The molecular formula is C17H25NO3. The second-order valence-corrected chi connectivity index (χ2v) is 5.99. The van der Waals surface area contributed by atoms with E-state index in [9.17, 15) is 4.79 Å². The number of esters is 1. The van der Waals surface area contributed by atoms with E-state index in [1.54, 1.807) is 6.07 Å². The average Bonchev–Trinajstić information content (AvgIpc) is 2.49. The molecule has 1 fully saturated rings. The molecule has 0 spiro atoms. The van der Waals surface area contributed by atoms with Crippen LogP contribution < -0.4 is 5.32 Å². The molecule has 1 saturated heterocycles. The Balaban J connectivity index is 2.11. The number of rotatable bonds is 4. The first-order valence-corrected chi connectivity index (χ1v) is 7.59. The monoisotopic (exact) mass is 291 g/mol. The third-order valence-electron chi connectivity index (χ3n) is 4.16. The summed E-state index contributed by atoms with van der Waals surface area (Å²) in [6.45, 7) is 7.12. The number of nitrogens with one attached hydrogen (secondary N) is 1. The van der Waals surface area contributed by atoms with Crippen molar-refractivity contribution in [3.8, 4) is 0 Å². The normalized spacial score (nSPS) is 22.1. The van der Waals surface area contributed by atoms with E-state index in [0.717, 1.165) is 30.7 Å². The third kappa shape index (κ3) is 3.76. The lowest BCUT2D eigenvalue weighted by Gasteiger charge is -2.33. The summed E-state index contributed by atoms with van der Waals surface area (Å²) < 4.78 is 10.6. The van der Waals surface area contributed by atoms with Gasteiger partial charge in [-0.3, -0.25) is 0 Å². The van der Waals surface area contributed by atoms with Gasteiger partial charge in [-0.25, -0.2) is 4.79 Å². The number of carbonyl (C=O) groups excluding carboxylic acids is 1. The van der Waals surface area contributed by atoms with Crippen molar-refractivity contribution >= 4 is 11.7 Å². The quantitative estimate of drug-likeness (QED) is 0.864. The van der Waals surface area contributed by atoms with Gasteiger partial charge in [0.05, 0.1) is 18.8 Å². The molecule has 1 aliphatic rings. The highest BCUT2D eigenvalue weighted by Crippen LogP contribution is 2.26. The van der Waals surface area contributed by atoms with Gasteiger partial charge in [-0.1, -0.05) is 19.9 Å². The maximum Gasteiger partial charge on any atom is 0.338 e. The molecule has 116 valence electrons. The molecule has 2 rings (SSSR count). The number of ether oxygens (including phenoxy) is 2. The summed E-state index contributed by atoms with van der Waals surface area (Å²) >= 11 is 0. The Labute approximate surface area is 126 Å². The lowest BCUT2D eigenvalue weighted by molar-refractivity contribution is -0.0160. The molecule has 2 atom stereocenters. The molecule has 0 bridgehead atoms. The van der Waals surface area contributed by atoms with Crippen LogP contribution in [0, 0.1) is 12.8 Å². The van der Waals surface area contributed by atoms with Crippen molar-refractivity contribution in [1.29, 1.82) is 0 Å². The van der Waals surface area contributed by atoms with Gasteiger partial charge >= 0.3 is 5.97 Å². The molecule has 0 amide bonds. The number of methoxy groups -OCH3 is 1. The van der Waals surface area contributed by atoms with Crippen molar-refractivity contribution in [1.82, 2.24) is 0 Å². The van der Waals surface area contributed by atoms with Crippen LogP contribution in [0.5, 0.6) is 0 Å². The van der Waals surface area contributed by atoms with Crippen LogP contribution in [0.2, 0.25) is 0 Å². The van der Waals surface area contributed by atoms with Crippen LogP contribution in [0.15, 0.2) is 18.2 Å². The van der Waals surface area contributed by atoms with E-state index in [2.05, 4.69) is 19.2 Å². The van der Waals surface area contributed by atoms with Gasteiger partial charge in [0.25, 0.3) is 0 Å². The predicted molar refractivity (Wildman–Crippen MR) is 83.7 cm³/mol. The van der Waals surface area contributed by atoms with Gasteiger partial charge in [0.15, 0.2) is 0 Å². The smallest absolute Gasteiger partial charge is 0.338 e. The van der Waals surface area contributed by atoms with Crippen LogP contribution in [0.1, 0.15) is 42.6 Å². The fraction of sp³-hybridized carbons (Fsp3) is 0.588. The summed E-state index contributed by atoms with van der Waals surface area (Å²) in [5.74, 6) is 0.236. The minimum Gasteiger partial charge on any atom is -0.465 e. The maximum atomic E-state index is 11.8. The van der Waals surface area contributed by atoms with Gasteiger partial charge in [-0.05, 0) is 43.4 Å². The summed E-state index contributed by atoms with van der Waals surface area (Å²) in [5, 5.41) is 3.57. The molecule has 21 heavy (non-hydrogen) atoms. The first kappa shape index (κ1) is 15.8. The molecule has 4 heteroatoms. The van der Waals surface area contributed by atoms with E-state index in [1.165, 1.54) is 7.11 Å². The van der Waals surface area contributed by atoms with Crippen LogP contribution in [0.25, 0.3) is 0 Å². The molecule has 1 aromatic carbocycles. The van der Waals surface area contributed by atoms with Crippen molar-refractivity contribution in [2.45, 2.75) is 45.8 Å². The van der Waals surface area contributed by atoms with Crippen molar-refractivity contribution < 1.29 is 14.3 Å². The van der Waals surface area contributed by atoms with Crippen LogP contribution in [-0.4, -0.2) is 31.8 Å². The van der Waals surface area contributed by atoms with Gasteiger partial charge in [-0.2, -0.15) is 0 Å². The van der Waals surface area contributed by atoms with Crippen molar-refractivity contribution in [3.05, 3.63) is 29.3 Å². The standard InChI is InChI=1S/C17H25NO3/c1-11(2)16-10-13(8-9-21-16)18-15-7-5-6-14(12(15)3)17(19)20-4/h5-7,11,13,16,18H,8-10H2,1-4H3. The Hall–Kier alpha value is -1.55. The highest BCUT2D eigenvalue weighted by atomic mass is 16.5. The molecule has 0 radical (unpaired) electrons. The lowest BCUT2D eigenvalue weighted by atomic mass is 9.95. The Morgan fingerprint density at radius 3 is 2.86 bits per heavy atom. The fourth-order valence-electron chi connectivity index (χ4n) is 2.77. The SMILES string of the molecule is COC(=O)c1cccc(NC2CCOC(C(C)C)C2)c1C. The molecule has 1 N–H and O–H groups in total. The Bertz CT molecular complexity index is 499. The summed E-state index contributed by atoms with van der Waals surface area (Å²) in [6.07, 6.45) is 2.30. The summed E-state index contributed by atoms with van der Waals surface area (Å²) in [7, 11) is 1.41. The van der Waals surface area contributed by atoms with E-state index in [-0.39, 0.29) is 5.97 Å². The van der Waals surface area contributed by atoms with Gasteiger partial charge in [-0.15, -0.1) is 0 Å². The molecule has 1 heterocycles. The number of benzene rings is 1. The zero-order chi connectivity index (χ0) is 15.4. The molecule has 1 aromatic rings. The third-order valence-corrected chi connectivity index (χ3v) is 4.16. The predicted octanol–water partition coefficient (Wildman–Crippen LogP) is 3.40. The minimum absolute atomic E-state index is 0.289. The highest BCUT2D eigenvalue weighted by Gasteiger charge is 2.25. The second-order valence-electron chi connectivity index (χ2n) is 5.99. The Morgan fingerprint density at radius 2 is 2.19 bits per heavy atom. The summed E-state index contributed by atoms with van der Waals surface area (Å²) in [4.78, 5) is 11.8. The molecule has 2 unspecified atom stereocenters. The van der Waals surface area contributed by atoms with E-state index >= 15 is 0 Å². The fourth-order valence-corrected chi connectivity index (χ4v) is 2.77. The Kier molecular flexibility index (Phi) is 5.23. The van der Waals surface area contributed by atoms with Gasteiger partial charge in [0, 0.05) is 18.3 Å². The lowest BCUT2D eigenvalue weighted by Crippen LogP contribution is -2.36. The average molecular weight is 291 g/mol. The summed E-state index contributed by atoms with van der Waals surface area (Å²) in [6, 6.07) is 6.09. The van der Waals surface area contributed by atoms with E-state index in [1.807, 2.05) is 19.1 Å². The molecule has 0 aromatic heterocycles. The zero-order valence-corrected chi connectivity index (χ0v) is 13.3. The van der Waals surface area contributed by atoms with Crippen LogP contribution >= 0.6 is 0 Å². The number of anilines is 1. The highest BCUT2D eigenvalue weighted by molar-refractivity contribution is 5.92. The molecule has 0 aliphatic carbocycles. The first-order valence-electron chi connectivity index (χ1n) is 7.59. The maximum absolute atomic E-state index is 11.8. The van der Waals surface area contributed by atoms with Crippen molar-refractivity contribution in [3.63, 3.8) is 0 Å². The second kappa shape index (κ2) is 6.94. The van der Waals surface area contributed by atoms with E-state index in [4.69, 9.17) is 9.47 Å². The number of carbonyl (C=O) groups is 1. The molecular weight excluding hydrogens is 266 g/mol. The zero-order valence-electron chi connectivity index (χ0n) is 13.3. The van der Waals surface area contributed by atoms with Gasteiger partial charge < -0.3 is 14.8 Å². The number of hydrogen-bond donors (Lipinski definition) is 1. The van der Waals surface area contributed by atoms with E-state index in [0.29, 0.717) is 23.6 Å². The molecule has 1 aliphatic heterocycles. The molecule has 0 saturated carbocycles. The largest absolute Gasteiger partial charge is 0.465 e. The summed E-state index contributed by atoms with van der Waals surface area (Å²) in [5.41, 5.74) is 2.57. The first-order chi connectivity index (χ1) is 10.0. The minimum atomic E-state index is -0.289. The topological polar surface area (TPSA) is 47.6 Å². The van der Waals surface area contributed by atoms with Crippen molar-refractivity contribution in [2.75, 3.05) is 19.0 Å². The number of hydrogen-bond acceptors (Lipinski definition) is 4. The van der Waals surface area contributed by atoms with Crippen LogP contribution in [0.4, 0.5) is 5.69 Å². The van der Waals surface area contributed by atoms with Crippen molar-refractivity contribution in [2.24, 2.45) is 5.92 Å². The van der Waals surface area contributed by atoms with Crippen LogP contribution in [-0.2, 0) is 9.47 Å². The van der Waals surface area contributed by atoms with Gasteiger partial charge in [0.2, 0.25) is 0 Å². The van der Waals surface area contributed by atoms with Crippen LogP contribution in [0.3, 0.4) is 0 Å².